The molecule has 0 aliphatic carbocycles. The van der Waals surface area contributed by atoms with Crippen molar-refractivity contribution >= 4 is 29.1 Å². The van der Waals surface area contributed by atoms with Crippen LogP contribution in [0, 0.1) is 5.82 Å². The van der Waals surface area contributed by atoms with Gasteiger partial charge in [-0.15, -0.1) is 0 Å². The Bertz CT molecular complexity index is 679. The molecule has 0 bridgehead atoms. The van der Waals surface area contributed by atoms with Crippen molar-refractivity contribution in [2.24, 2.45) is 0 Å². The number of nitrogens with one attached hydrogen (secondary N) is 1. The van der Waals surface area contributed by atoms with Crippen molar-refractivity contribution in [3.05, 3.63) is 63.9 Å². The van der Waals surface area contributed by atoms with E-state index in [1.54, 1.807) is 37.3 Å². The van der Waals surface area contributed by atoms with Crippen LogP contribution in [0.3, 0.4) is 0 Å². The van der Waals surface area contributed by atoms with E-state index in [0.29, 0.717) is 21.4 Å². The van der Waals surface area contributed by atoms with Crippen LogP contribution >= 0.6 is 23.2 Å². The zero-order valence-corrected chi connectivity index (χ0v) is 13.3. The van der Waals surface area contributed by atoms with Crippen LogP contribution in [-0.4, -0.2) is 12.0 Å². The minimum atomic E-state index is -0.746. The van der Waals surface area contributed by atoms with Crippen LogP contribution in [0.15, 0.2) is 42.5 Å². The SMILES string of the molecule is CC(Oc1ccc(Cl)c(Cl)c1)C(=O)NCc1ccccc1F. The normalized spacial score (nSPS) is 11.8. The summed E-state index contributed by atoms with van der Waals surface area (Å²) in [5.74, 6) is -0.280. The van der Waals surface area contributed by atoms with Gasteiger partial charge >= 0.3 is 0 Å². The first kappa shape index (κ1) is 16.6. The number of benzene rings is 2. The first-order valence-corrected chi connectivity index (χ1v) is 7.36. The third kappa shape index (κ3) is 4.36. The number of rotatable bonds is 5. The molecular weight excluding hydrogens is 328 g/mol. The maximum atomic E-state index is 13.5. The third-order valence-corrected chi connectivity index (χ3v) is 3.72. The summed E-state index contributed by atoms with van der Waals surface area (Å²) in [5, 5.41) is 3.38. The number of ether oxygens (including phenoxy) is 1. The van der Waals surface area contributed by atoms with E-state index in [2.05, 4.69) is 5.32 Å². The second-order valence-electron chi connectivity index (χ2n) is 4.65. The first-order valence-electron chi connectivity index (χ1n) is 6.60. The van der Waals surface area contributed by atoms with E-state index in [1.807, 2.05) is 0 Å². The molecule has 0 saturated heterocycles. The van der Waals surface area contributed by atoms with Crippen LogP contribution in [0.5, 0.6) is 5.75 Å². The van der Waals surface area contributed by atoms with Gasteiger partial charge in [-0.05, 0) is 25.1 Å². The van der Waals surface area contributed by atoms with Gasteiger partial charge in [0.05, 0.1) is 10.0 Å². The van der Waals surface area contributed by atoms with Gasteiger partial charge in [0.1, 0.15) is 11.6 Å². The lowest BCUT2D eigenvalue weighted by Crippen LogP contribution is -2.36. The van der Waals surface area contributed by atoms with Crippen LogP contribution in [0.25, 0.3) is 0 Å². The van der Waals surface area contributed by atoms with Crippen LogP contribution < -0.4 is 10.1 Å². The average Bonchev–Trinajstić information content (AvgIpc) is 2.50. The van der Waals surface area contributed by atoms with Gasteiger partial charge < -0.3 is 10.1 Å². The fourth-order valence-electron chi connectivity index (χ4n) is 1.78. The van der Waals surface area contributed by atoms with Crippen molar-refractivity contribution in [2.45, 2.75) is 19.6 Å². The summed E-state index contributed by atoms with van der Waals surface area (Å²) in [7, 11) is 0. The zero-order valence-electron chi connectivity index (χ0n) is 11.8. The highest BCUT2D eigenvalue weighted by atomic mass is 35.5. The Labute approximate surface area is 138 Å². The fraction of sp³-hybridized carbons (Fsp3) is 0.188. The highest BCUT2D eigenvalue weighted by molar-refractivity contribution is 6.42. The number of carbonyl (C=O) groups is 1. The lowest BCUT2D eigenvalue weighted by molar-refractivity contribution is -0.127. The minimum Gasteiger partial charge on any atom is -0.481 e. The van der Waals surface area contributed by atoms with Crippen LogP contribution in [-0.2, 0) is 11.3 Å². The van der Waals surface area contributed by atoms with Crippen molar-refractivity contribution in [2.75, 3.05) is 0 Å². The van der Waals surface area contributed by atoms with Crippen LogP contribution in [0.2, 0.25) is 10.0 Å². The van der Waals surface area contributed by atoms with E-state index in [0.717, 1.165) is 0 Å². The molecule has 116 valence electrons. The fourth-order valence-corrected chi connectivity index (χ4v) is 2.06. The van der Waals surface area contributed by atoms with Gasteiger partial charge in [0, 0.05) is 18.2 Å². The van der Waals surface area contributed by atoms with Crippen LogP contribution in [0.1, 0.15) is 12.5 Å². The predicted molar refractivity (Wildman–Crippen MR) is 84.8 cm³/mol. The first-order chi connectivity index (χ1) is 10.5. The molecule has 0 fully saturated rings. The standard InChI is InChI=1S/C16H14Cl2FNO2/c1-10(22-12-6-7-13(17)14(18)8-12)16(21)20-9-11-4-2-3-5-15(11)19/h2-8,10H,9H2,1H3,(H,20,21). The molecule has 3 nitrogen and oxygen atoms in total. The second kappa shape index (κ2) is 7.47. The quantitative estimate of drug-likeness (QED) is 0.884. The molecule has 0 aliphatic heterocycles. The Hall–Kier alpha value is -1.78. The number of hydrogen-bond donors (Lipinski definition) is 1. The molecule has 2 rings (SSSR count). The van der Waals surface area contributed by atoms with Gasteiger partial charge in [-0.1, -0.05) is 41.4 Å². The molecular formula is C16H14Cl2FNO2. The molecule has 1 atom stereocenters. The van der Waals surface area contributed by atoms with Crippen molar-refractivity contribution < 1.29 is 13.9 Å². The number of hydrogen-bond acceptors (Lipinski definition) is 2. The van der Waals surface area contributed by atoms with Crippen molar-refractivity contribution in [1.82, 2.24) is 5.32 Å². The monoisotopic (exact) mass is 341 g/mol. The van der Waals surface area contributed by atoms with Gasteiger partial charge in [0.2, 0.25) is 0 Å². The molecule has 1 N–H and O–H groups in total. The number of halogens is 3. The van der Waals surface area contributed by atoms with E-state index >= 15 is 0 Å². The molecule has 6 heteroatoms. The summed E-state index contributed by atoms with van der Waals surface area (Å²) < 4.78 is 18.9. The third-order valence-electron chi connectivity index (χ3n) is 2.98. The lowest BCUT2D eigenvalue weighted by Gasteiger charge is -2.15. The molecule has 1 unspecified atom stereocenters. The summed E-state index contributed by atoms with van der Waals surface area (Å²) in [4.78, 5) is 12.0. The molecule has 0 heterocycles. The molecule has 0 radical (unpaired) electrons. The van der Waals surface area contributed by atoms with E-state index in [1.165, 1.54) is 12.1 Å². The largest absolute Gasteiger partial charge is 0.481 e. The summed E-state index contributed by atoms with van der Waals surface area (Å²) in [6, 6.07) is 11.0. The van der Waals surface area contributed by atoms with Crippen molar-refractivity contribution in [3.63, 3.8) is 0 Å². The van der Waals surface area contributed by atoms with Gasteiger partial charge in [-0.25, -0.2) is 4.39 Å². The summed E-state index contributed by atoms with van der Waals surface area (Å²) >= 11 is 11.7. The Morgan fingerprint density at radius 3 is 2.64 bits per heavy atom. The Morgan fingerprint density at radius 1 is 1.23 bits per heavy atom. The highest BCUT2D eigenvalue weighted by Crippen LogP contribution is 2.26. The average molecular weight is 342 g/mol. The van der Waals surface area contributed by atoms with Gasteiger partial charge in [0.25, 0.3) is 5.91 Å². The number of carbonyl (C=O) groups excluding carboxylic acids is 1. The predicted octanol–water partition coefficient (Wildman–Crippen LogP) is 4.22. The molecule has 0 aliphatic rings. The summed E-state index contributed by atoms with van der Waals surface area (Å²) in [6.45, 7) is 1.69. The van der Waals surface area contributed by atoms with Crippen molar-refractivity contribution in [1.29, 1.82) is 0 Å². The molecule has 0 aromatic heterocycles. The molecule has 0 spiro atoms. The highest BCUT2D eigenvalue weighted by Gasteiger charge is 2.15. The van der Waals surface area contributed by atoms with E-state index < -0.39 is 6.10 Å². The topological polar surface area (TPSA) is 38.3 Å². The van der Waals surface area contributed by atoms with E-state index in [4.69, 9.17) is 27.9 Å². The van der Waals surface area contributed by atoms with Gasteiger partial charge in [0.15, 0.2) is 6.10 Å². The van der Waals surface area contributed by atoms with Gasteiger partial charge in [-0.3, -0.25) is 4.79 Å². The molecule has 22 heavy (non-hydrogen) atoms. The summed E-state index contributed by atoms with van der Waals surface area (Å²) in [6.07, 6.45) is -0.746. The molecule has 1 amide bonds. The Kier molecular flexibility index (Phi) is 5.63. The molecule has 2 aromatic carbocycles. The van der Waals surface area contributed by atoms with E-state index in [9.17, 15) is 9.18 Å². The number of amides is 1. The second-order valence-corrected chi connectivity index (χ2v) is 5.46. The Balaban J connectivity index is 1.92. The summed E-state index contributed by atoms with van der Waals surface area (Å²) in [5.41, 5.74) is 0.414. The zero-order chi connectivity index (χ0) is 16.1. The molecule has 2 aromatic rings. The maximum Gasteiger partial charge on any atom is 0.261 e. The van der Waals surface area contributed by atoms with Crippen molar-refractivity contribution in [3.8, 4) is 5.75 Å². The Morgan fingerprint density at radius 2 is 1.95 bits per heavy atom. The van der Waals surface area contributed by atoms with Crippen LogP contribution in [0.4, 0.5) is 4.39 Å². The smallest absolute Gasteiger partial charge is 0.261 e. The lowest BCUT2D eigenvalue weighted by atomic mass is 10.2. The maximum absolute atomic E-state index is 13.5. The van der Waals surface area contributed by atoms with E-state index in [-0.39, 0.29) is 18.3 Å². The minimum absolute atomic E-state index is 0.0978. The molecule has 0 saturated carbocycles. The van der Waals surface area contributed by atoms with Gasteiger partial charge in [-0.2, -0.15) is 0 Å².